The number of ether oxygens (including phenoxy) is 1. The molecule has 0 spiro atoms. The van der Waals surface area contributed by atoms with Crippen molar-refractivity contribution in [2.45, 2.75) is 32.2 Å². The highest BCUT2D eigenvalue weighted by molar-refractivity contribution is 14.0. The van der Waals surface area contributed by atoms with E-state index in [1.165, 1.54) is 25.7 Å². The van der Waals surface area contributed by atoms with Crippen molar-refractivity contribution in [3.8, 4) is 17.1 Å². The van der Waals surface area contributed by atoms with Gasteiger partial charge in [-0.2, -0.15) is 5.10 Å². The molecule has 25 heavy (non-hydrogen) atoms. The zero-order valence-electron chi connectivity index (χ0n) is 14.4. The van der Waals surface area contributed by atoms with Crippen LogP contribution in [0.2, 0.25) is 0 Å². The summed E-state index contributed by atoms with van der Waals surface area (Å²) in [5, 5.41) is 7.18. The Morgan fingerprint density at radius 2 is 1.88 bits per heavy atom. The van der Waals surface area contributed by atoms with Crippen LogP contribution < -0.4 is 10.5 Å². The van der Waals surface area contributed by atoms with Crippen molar-refractivity contribution in [1.29, 1.82) is 0 Å². The molecule has 0 saturated carbocycles. The Kier molecular flexibility index (Phi) is 7.48. The number of methoxy groups -OCH3 is 1. The van der Waals surface area contributed by atoms with E-state index in [4.69, 9.17) is 10.5 Å². The van der Waals surface area contributed by atoms with E-state index >= 15 is 0 Å². The number of likely N-dealkylation sites (tertiary alicyclic amines) is 1. The smallest absolute Gasteiger partial charge is 0.191 e. The molecule has 3 rings (SSSR count). The summed E-state index contributed by atoms with van der Waals surface area (Å²) in [5.41, 5.74) is 7.05. The van der Waals surface area contributed by atoms with Gasteiger partial charge in [-0.25, -0.2) is 9.98 Å². The third-order valence-corrected chi connectivity index (χ3v) is 4.20. The van der Waals surface area contributed by atoms with Crippen LogP contribution in [0.4, 0.5) is 0 Å². The van der Waals surface area contributed by atoms with Crippen LogP contribution in [-0.2, 0) is 6.54 Å². The van der Waals surface area contributed by atoms with Crippen LogP contribution >= 0.6 is 24.0 Å². The highest BCUT2D eigenvalue weighted by Crippen LogP contribution is 2.19. The third-order valence-electron chi connectivity index (χ3n) is 4.20. The lowest BCUT2D eigenvalue weighted by Gasteiger charge is -2.20. The number of benzene rings is 1. The minimum Gasteiger partial charge on any atom is -0.497 e. The zero-order valence-corrected chi connectivity index (χ0v) is 16.8. The van der Waals surface area contributed by atoms with Crippen molar-refractivity contribution in [2.24, 2.45) is 10.7 Å². The summed E-state index contributed by atoms with van der Waals surface area (Å²) in [6.07, 6.45) is 4.91. The van der Waals surface area contributed by atoms with Crippen molar-refractivity contribution in [3.05, 3.63) is 30.1 Å². The molecule has 0 amide bonds. The Bertz CT molecular complexity index is 677. The Morgan fingerprint density at radius 3 is 2.52 bits per heavy atom. The van der Waals surface area contributed by atoms with Gasteiger partial charge in [-0.05, 0) is 37.1 Å². The van der Waals surface area contributed by atoms with Crippen molar-refractivity contribution >= 4 is 29.9 Å². The van der Waals surface area contributed by atoms with E-state index in [2.05, 4.69) is 25.1 Å². The number of H-pyrrole nitrogens is 1. The van der Waals surface area contributed by atoms with Gasteiger partial charge in [-0.15, -0.1) is 24.0 Å². The van der Waals surface area contributed by atoms with Gasteiger partial charge in [0.05, 0.1) is 7.11 Å². The molecule has 8 heteroatoms. The number of nitrogens with two attached hydrogens (primary N) is 1. The van der Waals surface area contributed by atoms with Gasteiger partial charge in [0.15, 0.2) is 11.8 Å². The monoisotopic (exact) mass is 456 g/mol. The number of halogens is 1. The topological polar surface area (TPSA) is 92.4 Å². The van der Waals surface area contributed by atoms with Gasteiger partial charge in [-0.3, -0.25) is 5.10 Å². The lowest BCUT2D eigenvalue weighted by atomic mass is 10.2. The molecule has 1 aliphatic rings. The van der Waals surface area contributed by atoms with E-state index in [0.717, 1.165) is 24.4 Å². The highest BCUT2D eigenvalue weighted by atomic mass is 127. The Morgan fingerprint density at radius 1 is 1.20 bits per heavy atom. The van der Waals surface area contributed by atoms with E-state index in [-0.39, 0.29) is 24.0 Å². The summed E-state index contributed by atoms with van der Waals surface area (Å²) < 4.78 is 5.16. The molecule has 1 aliphatic heterocycles. The zero-order chi connectivity index (χ0) is 16.8. The van der Waals surface area contributed by atoms with Crippen LogP contribution in [0.3, 0.4) is 0 Å². The fourth-order valence-corrected chi connectivity index (χ4v) is 2.79. The van der Waals surface area contributed by atoms with Crippen molar-refractivity contribution in [1.82, 2.24) is 20.1 Å². The normalized spacial score (nSPS) is 15.4. The highest BCUT2D eigenvalue weighted by Gasteiger charge is 2.11. The second-order valence-corrected chi connectivity index (χ2v) is 5.91. The SMILES string of the molecule is COc1ccc(-c2n[nH]c(CN=C(N)N3CCCCCC3)n2)cc1.I. The first-order chi connectivity index (χ1) is 11.8. The minimum atomic E-state index is 0. The van der Waals surface area contributed by atoms with Crippen molar-refractivity contribution < 1.29 is 4.74 Å². The number of hydrogen-bond donors (Lipinski definition) is 2. The van der Waals surface area contributed by atoms with Crippen LogP contribution in [0.15, 0.2) is 29.3 Å². The fourth-order valence-electron chi connectivity index (χ4n) is 2.79. The largest absolute Gasteiger partial charge is 0.497 e. The van der Waals surface area contributed by atoms with Gasteiger partial charge in [-0.1, -0.05) is 12.8 Å². The molecule has 1 fully saturated rings. The van der Waals surface area contributed by atoms with E-state index < -0.39 is 0 Å². The molecule has 1 aromatic heterocycles. The van der Waals surface area contributed by atoms with E-state index in [1.54, 1.807) is 7.11 Å². The first-order valence-electron chi connectivity index (χ1n) is 8.37. The maximum atomic E-state index is 6.12. The standard InChI is InChI=1S/C17H24N6O.HI/c1-24-14-8-6-13(7-9-14)16-20-15(21-22-16)12-19-17(18)23-10-4-2-3-5-11-23;/h6-9H,2-5,10-12H2,1H3,(H2,18,19)(H,20,21,22);1H. The number of guanidine groups is 1. The van der Waals surface area contributed by atoms with Crippen LogP contribution in [0.5, 0.6) is 5.75 Å². The number of rotatable bonds is 4. The van der Waals surface area contributed by atoms with E-state index in [9.17, 15) is 0 Å². The Hall–Kier alpha value is -1.84. The van der Waals surface area contributed by atoms with Gasteiger partial charge >= 0.3 is 0 Å². The Balaban J connectivity index is 0.00000225. The number of nitrogens with zero attached hydrogens (tertiary/aromatic N) is 4. The van der Waals surface area contributed by atoms with E-state index in [1.807, 2.05) is 24.3 Å². The van der Waals surface area contributed by atoms with Crippen LogP contribution in [0, 0.1) is 0 Å². The average molecular weight is 456 g/mol. The summed E-state index contributed by atoms with van der Waals surface area (Å²) in [6, 6.07) is 7.64. The molecule has 0 bridgehead atoms. The first kappa shape index (κ1) is 19.5. The Labute approximate surface area is 165 Å². The summed E-state index contributed by atoms with van der Waals surface area (Å²) in [5.74, 6) is 2.76. The van der Waals surface area contributed by atoms with E-state index in [0.29, 0.717) is 24.2 Å². The second kappa shape index (κ2) is 9.59. The van der Waals surface area contributed by atoms with Gasteiger partial charge in [0, 0.05) is 18.7 Å². The molecule has 3 N–H and O–H groups in total. The summed E-state index contributed by atoms with van der Waals surface area (Å²) in [4.78, 5) is 11.1. The van der Waals surface area contributed by atoms with Gasteiger partial charge in [0.25, 0.3) is 0 Å². The predicted molar refractivity (Wildman–Crippen MR) is 109 cm³/mol. The molecule has 2 heterocycles. The van der Waals surface area contributed by atoms with Crippen LogP contribution in [0.25, 0.3) is 11.4 Å². The number of hydrogen-bond acceptors (Lipinski definition) is 4. The molecular formula is C17H25IN6O. The summed E-state index contributed by atoms with van der Waals surface area (Å²) in [6.45, 7) is 2.39. The number of aromatic nitrogens is 3. The molecule has 2 aromatic rings. The number of aromatic amines is 1. The van der Waals surface area contributed by atoms with Gasteiger partial charge in [0.1, 0.15) is 18.1 Å². The third kappa shape index (κ3) is 5.32. The van der Waals surface area contributed by atoms with Crippen LogP contribution in [0.1, 0.15) is 31.5 Å². The first-order valence-corrected chi connectivity index (χ1v) is 8.37. The summed E-state index contributed by atoms with van der Waals surface area (Å²) in [7, 11) is 1.65. The van der Waals surface area contributed by atoms with Crippen molar-refractivity contribution in [2.75, 3.05) is 20.2 Å². The number of nitrogens with one attached hydrogen (secondary N) is 1. The second-order valence-electron chi connectivity index (χ2n) is 5.91. The quantitative estimate of drug-likeness (QED) is 0.420. The molecule has 1 aromatic carbocycles. The fraction of sp³-hybridized carbons (Fsp3) is 0.471. The molecule has 1 saturated heterocycles. The number of aliphatic imine (C=N–C) groups is 1. The molecule has 0 radical (unpaired) electrons. The maximum Gasteiger partial charge on any atom is 0.191 e. The van der Waals surface area contributed by atoms with Gasteiger partial charge in [0.2, 0.25) is 0 Å². The lowest BCUT2D eigenvalue weighted by molar-refractivity contribution is 0.415. The molecule has 0 atom stereocenters. The lowest BCUT2D eigenvalue weighted by Crippen LogP contribution is -2.38. The maximum absolute atomic E-state index is 6.12. The summed E-state index contributed by atoms with van der Waals surface area (Å²) >= 11 is 0. The van der Waals surface area contributed by atoms with Crippen LogP contribution in [-0.4, -0.2) is 46.2 Å². The minimum absolute atomic E-state index is 0. The van der Waals surface area contributed by atoms with Crippen molar-refractivity contribution in [3.63, 3.8) is 0 Å². The molecule has 7 nitrogen and oxygen atoms in total. The average Bonchev–Trinajstić information content (AvgIpc) is 2.92. The van der Waals surface area contributed by atoms with Gasteiger partial charge < -0.3 is 15.4 Å². The molecule has 0 unspecified atom stereocenters. The molecular weight excluding hydrogens is 431 g/mol. The molecule has 0 aliphatic carbocycles. The molecule has 136 valence electrons. The predicted octanol–water partition coefficient (Wildman–Crippen LogP) is 2.79.